The van der Waals surface area contributed by atoms with E-state index >= 15 is 0 Å². The van der Waals surface area contributed by atoms with Crippen molar-refractivity contribution in [2.75, 3.05) is 17.2 Å². The maximum absolute atomic E-state index is 12.4. The van der Waals surface area contributed by atoms with Crippen LogP contribution in [0.5, 0.6) is 0 Å². The molecule has 0 aromatic carbocycles. The number of carbonyl (C=O) groups excluding carboxylic acids is 1. The van der Waals surface area contributed by atoms with Gasteiger partial charge in [0.25, 0.3) is 5.91 Å². The van der Waals surface area contributed by atoms with Crippen LogP contribution in [0.4, 0.5) is 5.95 Å². The summed E-state index contributed by atoms with van der Waals surface area (Å²) in [5, 5.41) is 2.76. The van der Waals surface area contributed by atoms with Gasteiger partial charge in [0.05, 0.1) is 11.5 Å². The lowest BCUT2D eigenvalue weighted by molar-refractivity contribution is 0.0934. The fourth-order valence-electron chi connectivity index (χ4n) is 2.96. The highest BCUT2D eigenvalue weighted by Crippen LogP contribution is 2.23. The molecule has 21 heavy (non-hydrogen) atoms. The molecule has 1 aliphatic carbocycles. The molecule has 0 saturated carbocycles. The molecule has 0 unspecified atom stereocenters. The predicted octanol–water partition coefficient (Wildman–Crippen LogP) is -0.146. The van der Waals surface area contributed by atoms with Crippen LogP contribution in [0.3, 0.4) is 0 Å². The number of sulfone groups is 1. The molecule has 1 fully saturated rings. The molecule has 3 rings (SSSR count). The van der Waals surface area contributed by atoms with Gasteiger partial charge in [-0.15, -0.1) is 0 Å². The molecule has 0 spiro atoms. The monoisotopic (exact) mass is 310 g/mol. The lowest BCUT2D eigenvalue weighted by Gasteiger charge is -2.19. The van der Waals surface area contributed by atoms with Crippen LogP contribution >= 0.6 is 0 Å². The Morgan fingerprint density at radius 2 is 2.00 bits per heavy atom. The summed E-state index contributed by atoms with van der Waals surface area (Å²) >= 11 is 0. The van der Waals surface area contributed by atoms with Crippen LogP contribution in [0, 0.1) is 0 Å². The number of anilines is 1. The molecule has 2 heterocycles. The average molecular weight is 310 g/mol. The molecule has 8 heteroatoms. The summed E-state index contributed by atoms with van der Waals surface area (Å²) < 4.78 is 22.9. The van der Waals surface area contributed by atoms with E-state index < -0.39 is 9.84 Å². The van der Waals surface area contributed by atoms with Gasteiger partial charge in [-0.05, 0) is 32.1 Å². The van der Waals surface area contributed by atoms with Crippen LogP contribution in [0.15, 0.2) is 0 Å². The van der Waals surface area contributed by atoms with E-state index in [1.54, 1.807) is 0 Å². The van der Waals surface area contributed by atoms with E-state index in [2.05, 4.69) is 15.3 Å². The normalized spacial score (nSPS) is 23.5. The van der Waals surface area contributed by atoms with Gasteiger partial charge in [0.2, 0.25) is 5.95 Å². The molecule has 1 aliphatic heterocycles. The van der Waals surface area contributed by atoms with Gasteiger partial charge in [-0.2, -0.15) is 0 Å². The van der Waals surface area contributed by atoms with E-state index in [-0.39, 0.29) is 29.4 Å². The second-order valence-electron chi connectivity index (χ2n) is 5.64. The number of hydrogen-bond donors (Lipinski definition) is 2. The fourth-order valence-corrected chi connectivity index (χ4v) is 4.64. The van der Waals surface area contributed by atoms with Crippen molar-refractivity contribution in [2.45, 2.75) is 38.1 Å². The van der Waals surface area contributed by atoms with Crippen molar-refractivity contribution in [2.24, 2.45) is 0 Å². The summed E-state index contributed by atoms with van der Waals surface area (Å²) in [6, 6.07) is -0.335. The standard InChI is InChI=1S/C13H18N4O3S/c14-13-16-10-4-2-1-3-9(10)11(17-13)12(18)15-8-5-6-21(19,20)7-8/h8H,1-7H2,(H,15,18)(H2,14,16,17)/t8-/m0/s1. The smallest absolute Gasteiger partial charge is 0.270 e. The Morgan fingerprint density at radius 1 is 1.24 bits per heavy atom. The lowest BCUT2D eigenvalue weighted by atomic mass is 9.94. The third-order valence-electron chi connectivity index (χ3n) is 3.98. The van der Waals surface area contributed by atoms with Crippen molar-refractivity contribution in [3.05, 3.63) is 17.0 Å². The molecular formula is C13H18N4O3S. The first kappa shape index (κ1) is 14.2. The van der Waals surface area contributed by atoms with Gasteiger partial charge in [0.15, 0.2) is 9.84 Å². The number of hydrogen-bond acceptors (Lipinski definition) is 6. The Balaban J connectivity index is 1.83. The van der Waals surface area contributed by atoms with Crippen LogP contribution in [0.25, 0.3) is 0 Å². The minimum absolute atomic E-state index is 0.00148. The zero-order valence-corrected chi connectivity index (χ0v) is 12.4. The third-order valence-corrected chi connectivity index (χ3v) is 5.75. The number of nitrogens with zero attached hydrogens (tertiary/aromatic N) is 2. The van der Waals surface area contributed by atoms with E-state index in [4.69, 9.17) is 5.73 Å². The van der Waals surface area contributed by atoms with Crippen molar-refractivity contribution in [3.63, 3.8) is 0 Å². The summed E-state index contributed by atoms with van der Waals surface area (Å²) in [6.45, 7) is 0. The summed E-state index contributed by atoms with van der Waals surface area (Å²) in [7, 11) is -3.02. The molecule has 3 N–H and O–H groups in total. The van der Waals surface area contributed by atoms with Crippen LogP contribution in [-0.4, -0.2) is 41.8 Å². The summed E-state index contributed by atoms with van der Waals surface area (Å²) in [6.07, 6.45) is 4.06. The zero-order valence-electron chi connectivity index (χ0n) is 11.6. The second-order valence-corrected chi connectivity index (χ2v) is 7.86. The molecule has 114 valence electrons. The van der Waals surface area contributed by atoms with Crippen molar-refractivity contribution in [1.29, 1.82) is 0 Å². The highest BCUT2D eigenvalue weighted by atomic mass is 32.2. The maximum Gasteiger partial charge on any atom is 0.270 e. The molecule has 1 aromatic rings. The Labute approximate surface area is 123 Å². The highest BCUT2D eigenvalue weighted by Gasteiger charge is 2.30. The summed E-state index contributed by atoms with van der Waals surface area (Å²) in [5.41, 5.74) is 7.68. The summed E-state index contributed by atoms with van der Waals surface area (Å²) in [4.78, 5) is 20.7. The fraction of sp³-hybridized carbons (Fsp3) is 0.615. The Kier molecular flexibility index (Phi) is 3.56. The molecular weight excluding hydrogens is 292 g/mol. The molecule has 2 aliphatic rings. The van der Waals surface area contributed by atoms with E-state index in [1.165, 1.54) is 0 Å². The van der Waals surface area contributed by atoms with Gasteiger partial charge in [0.1, 0.15) is 5.69 Å². The molecule has 0 radical (unpaired) electrons. The van der Waals surface area contributed by atoms with Gasteiger partial charge in [-0.3, -0.25) is 4.79 Å². The molecule has 0 bridgehead atoms. The average Bonchev–Trinajstić information content (AvgIpc) is 2.76. The number of amides is 1. The van der Waals surface area contributed by atoms with Crippen molar-refractivity contribution >= 4 is 21.7 Å². The number of nitrogens with two attached hydrogens (primary N) is 1. The van der Waals surface area contributed by atoms with Gasteiger partial charge in [0, 0.05) is 17.3 Å². The second kappa shape index (κ2) is 5.25. The van der Waals surface area contributed by atoms with E-state index in [9.17, 15) is 13.2 Å². The Morgan fingerprint density at radius 3 is 2.71 bits per heavy atom. The van der Waals surface area contributed by atoms with Gasteiger partial charge in [-0.25, -0.2) is 18.4 Å². The number of fused-ring (bicyclic) bond motifs is 1. The molecule has 1 amide bonds. The van der Waals surface area contributed by atoms with E-state index in [0.717, 1.165) is 36.9 Å². The molecule has 1 atom stereocenters. The van der Waals surface area contributed by atoms with E-state index in [0.29, 0.717) is 12.1 Å². The zero-order chi connectivity index (χ0) is 15.0. The predicted molar refractivity (Wildman–Crippen MR) is 77.6 cm³/mol. The number of aryl methyl sites for hydroxylation is 1. The molecule has 7 nitrogen and oxygen atoms in total. The van der Waals surface area contributed by atoms with Gasteiger partial charge in [-0.1, -0.05) is 0 Å². The lowest BCUT2D eigenvalue weighted by Crippen LogP contribution is -2.37. The number of carbonyl (C=O) groups is 1. The first-order valence-corrected chi connectivity index (χ1v) is 8.93. The Bertz CT molecular complexity index is 687. The van der Waals surface area contributed by atoms with Crippen molar-refractivity contribution in [1.82, 2.24) is 15.3 Å². The van der Waals surface area contributed by atoms with Crippen molar-refractivity contribution < 1.29 is 13.2 Å². The first-order chi connectivity index (χ1) is 9.94. The van der Waals surface area contributed by atoms with Crippen LogP contribution in [-0.2, 0) is 22.7 Å². The Hall–Kier alpha value is -1.70. The van der Waals surface area contributed by atoms with Crippen LogP contribution < -0.4 is 11.1 Å². The third kappa shape index (κ3) is 2.99. The number of rotatable bonds is 2. The van der Waals surface area contributed by atoms with Crippen LogP contribution in [0.1, 0.15) is 41.0 Å². The van der Waals surface area contributed by atoms with Crippen LogP contribution in [0.2, 0.25) is 0 Å². The SMILES string of the molecule is Nc1nc2c(c(C(=O)N[C@H]3CCS(=O)(=O)C3)n1)CCCC2. The topological polar surface area (TPSA) is 115 Å². The highest BCUT2D eigenvalue weighted by molar-refractivity contribution is 7.91. The van der Waals surface area contributed by atoms with E-state index in [1.807, 2.05) is 0 Å². The first-order valence-electron chi connectivity index (χ1n) is 7.11. The molecule has 1 aromatic heterocycles. The number of nitrogens with one attached hydrogen (secondary N) is 1. The summed E-state index contributed by atoms with van der Waals surface area (Å²) in [5.74, 6) is -0.118. The molecule has 1 saturated heterocycles. The van der Waals surface area contributed by atoms with Crippen molar-refractivity contribution in [3.8, 4) is 0 Å². The minimum atomic E-state index is -3.02. The maximum atomic E-state index is 12.4. The van der Waals surface area contributed by atoms with Gasteiger partial charge < -0.3 is 11.1 Å². The minimum Gasteiger partial charge on any atom is -0.368 e. The largest absolute Gasteiger partial charge is 0.368 e. The number of nitrogen functional groups attached to an aromatic ring is 1. The number of aromatic nitrogens is 2. The quantitative estimate of drug-likeness (QED) is 0.785. The van der Waals surface area contributed by atoms with Gasteiger partial charge >= 0.3 is 0 Å².